The Bertz CT molecular complexity index is 1120. The molecule has 1 aromatic carbocycles. The minimum Gasteiger partial charge on any atom is -0.353 e. The lowest BCUT2D eigenvalue weighted by molar-refractivity contribution is 1.12. The van der Waals surface area contributed by atoms with E-state index in [1.54, 1.807) is 12.4 Å². The normalized spacial score (nSPS) is 11.3. The van der Waals surface area contributed by atoms with E-state index in [2.05, 4.69) is 55.5 Å². The number of aromatic nitrogens is 5. The van der Waals surface area contributed by atoms with E-state index in [1.807, 2.05) is 24.5 Å². The molecular formula is C19H13N5. The maximum Gasteiger partial charge on any atom is 0.116 e. The molecule has 0 fully saturated rings. The van der Waals surface area contributed by atoms with E-state index in [0.29, 0.717) is 0 Å². The van der Waals surface area contributed by atoms with Crippen molar-refractivity contribution in [2.75, 3.05) is 0 Å². The highest BCUT2D eigenvalue weighted by Crippen LogP contribution is 2.31. The predicted octanol–water partition coefficient (Wildman–Crippen LogP) is 4.17. The molecule has 0 aliphatic carbocycles. The molecule has 5 aromatic rings. The highest BCUT2D eigenvalue weighted by molar-refractivity contribution is 5.97. The third-order valence-electron chi connectivity index (χ3n) is 4.23. The van der Waals surface area contributed by atoms with Crippen molar-refractivity contribution in [1.29, 1.82) is 0 Å². The molecule has 0 spiro atoms. The van der Waals surface area contributed by atoms with Crippen molar-refractivity contribution < 1.29 is 0 Å². The molecule has 0 aliphatic rings. The zero-order chi connectivity index (χ0) is 15.9. The van der Waals surface area contributed by atoms with Gasteiger partial charge in [0.05, 0.1) is 11.2 Å². The van der Waals surface area contributed by atoms with Gasteiger partial charge in [0.1, 0.15) is 5.69 Å². The summed E-state index contributed by atoms with van der Waals surface area (Å²) < 4.78 is 0. The highest BCUT2D eigenvalue weighted by Gasteiger charge is 2.12. The van der Waals surface area contributed by atoms with E-state index in [9.17, 15) is 0 Å². The van der Waals surface area contributed by atoms with Crippen molar-refractivity contribution in [2.45, 2.75) is 0 Å². The van der Waals surface area contributed by atoms with Crippen LogP contribution in [-0.4, -0.2) is 25.1 Å². The fourth-order valence-corrected chi connectivity index (χ4v) is 3.03. The Labute approximate surface area is 137 Å². The molecule has 0 unspecified atom stereocenters. The Morgan fingerprint density at radius 3 is 2.62 bits per heavy atom. The zero-order valence-electron chi connectivity index (χ0n) is 12.7. The van der Waals surface area contributed by atoms with Gasteiger partial charge in [-0.2, -0.15) is 5.10 Å². The van der Waals surface area contributed by atoms with Crippen LogP contribution in [-0.2, 0) is 0 Å². The Balaban J connectivity index is 1.71. The maximum absolute atomic E-state index is 4.50. The highest BCUT2D eigenvalue weighted by atomic mass is 15.1. The van der Waals surface area contributed by atoms with E-state index in [-0.39, 0.29) is 0 Å². The molecule has 0 amide bonds. The second-order valence-corrected chi connectivity index (χ2v) is 5.72. The number of aromatic amines is 2. The summed E-state index contributed by atoms with van der Waals surface area (Å²) in [5.41, 5.74) is 6.16. The Hall–Kier alpha value is -3.47. The molecule has 114 valence electrons. The SMILES string of the molecule is c1cncc(-c2ccc3[nH]nc(-c4cc5cnccc5[nH]4)c3c2)c1. The average molecular weight is 311 g/mol. The standard InChI is InChI=1S/C19H13N5/c1-2-13(10-20-6-1)12-3-4-17-15(8-12)19(24-23-17)18-9-14-11-21-7-5-16(14)22-18/h1-11,22H,(H,23,24). The minimum absolute atomic E-state index is 0.909. The average Bonchev–Trinajstić information content (AvgIpc) is 3.25. The first-order valence-corrected chi connectivity index (χ1v) is 7.70. The van der Waals surface area contributed by atoms with E-state index < -0.39 is 0 Å². The molecule has 5 rings (SSSR count). The van der Waals surface area contributed by atoms with Crippen molar-refractivity contribution in [3.05, 3.63) is 67.3 Å². The van der Waals surface area contributed by atoms with E-state index in [1.165, 1.54) is 0 Å². The van der Waals surface area contributed by atoms with Crippen LogP contribution in [0.4, 0.5) is 0 Å². The predicted molar refractivity (Wildman–Crippen MR) is 94.4 cm³/mol. The van der Waals surface area contributed by atoms with Gasteiger partial charge in [-0.1, -0.05) is 12.1 Å². The van der Waals surface area contributed by atoms with Gasteiger partial charge in [0, 0.05) is 46.6 Å². The van der Waals surface area contributed by atoms with Crippen LogP contribution in [0.1, 0.15) is 0 Å². The van der Waals surface area contributed by atoms with Crippen molar-refractivity contribution in [3.63, 3.8) is 0 Å². The van der Waals surface area contributed by atoms with Crippen molar-refractivity contribution in [2.24, 2.45) is 0 Å². The first-order valence-electron chi connectivity index (χ1n) is 7.70. The number of hydrogen-bond donors (Lipinski definition) is 2. The molecule has 0 saturated heterocycles. The number of pyridine rings is 2. The fraction of sp³-hybridized carbons (Fsp3) is 0. The molecule has 5 nitrogen and oxygen atoms in total. The summed E-state index contributed by atoms with van der Waals surface area (Å²) in [7, 11) is 0. The van der Waals surface area contributed by atoms with E-state index >= 15 is 0 Å². The van der Waals surface area contributed by atoms with Crippen molar-refractivity contribution in [1.82, 2.24) is 25.1 Å². The number of nitrogens with zero attached hydrogens (tertiary/aromatic N) is 3. The molecule has 4 heterocycles. The summed E-state index contributed by atoms with van der Waals surface area (Å²) in [4.78, 5) is 11.8. The molecular weight excluding hydrogens is 298 g/mol. The topological polar surface area (TPSA) is 70.2 Å². The summed E-state index contributed by atoms with van der Waals surface area (Å²) in [6.45, 7) is 0. The van der Waals surface area contributed by atoms with Gasteiger partial charge in [-0.3, -0.25) is 15.1 Å². The molecule has 5 heteroatoms. The van der Waals surface area contributed by atoms with Crippen LogP contribution in [0.15, 0.2) is 67.3 Å². The van der Waals surface area contributed by atoms with E-state index in [0.717, 1.165) is 44.3 Å². The van der Waals surface area contributed by atoms with Gasteiger partial charge in [0.25, 0.3) is 0 Å². The largest absolute Gasteiger partial charge is 0.353 e. The maximum atomic E-state index is 4.50. The number of rotatable bonds is 2. The van der Waals surface area contributed by atoms with Crippen LogP contribution < -0.4 is 0 Å². The number of nitrogens with one attached hydrogen (secondary N) is 2. The van der Waals surface area contributed by atoms with Crippen LogP contribution in [0.2, 0.25) is 0 Å². The molecule has 0 radical (unpaired) electrons. The molecule has 4 aromatic heterocycles. The van der Waals surface area contributed by atoms with Gasteiger partial charge in [-0.15, -0.1) is 0 Å². The zero-order valence-corrected chi connectivity index (χ0v) is 12.7. The molecule has 0 bridgehead atoms. The third-order valence-corrected chi connectivity index (χ3v) is 4.23. The Morgan fingerprint density at radius 1 is 0.792 bits per heavy atom. The van der Waals surface area contributed by atoms with Crippen LogP contribution >= 0.6 is 0 Å². The quantitative estimate of drug-likeness (QED) is 0.514. The number of hydrogen-bond acceptors (Lipinski definition) is 3. The number of benzene rings is 1. The summed E-state index contributed by atoms with van der Waals surface area (Å²) in [5, 5.41) is 9.77. The lowest BCUT2D eigenvalue weighted by Gasteiger charge is -2.01. The third kappa shape index (κ3) is 1.99. The first-order chi connectivity index (χ1) is 11.9. The number of fused-ring (bicyclic) bond motifs is 2. The summed E-state index contributed by atoms with van der Waals surface area (Å²) in [5.74, 6) is 0. The summed E-state index contributed by atoms with van der Waals surface area (Å²) in [6, 6.07) is 14.3. The molecule has 0 atom stereocenters. The van der Waals surface area contributed by atoms with Gasteiger partial charge in [-0.25, -0.2) is 0 Å². The molecule has 0 aliphatic heterocycles. The summed E-state index contributed by atoms with van der Waals surface area (Å²) >= 11 is 0. The van der Waals surface area contributed by atoms with E-state index in [4.69, 9.17) is 0 Å². The van der Waals surface area contributed by atoms with Gasteiger partial charge in [-0.05, 0) is 35.9 Å². The van der Waals surface area contributed by atoms with Crippen molar-refractivity contribution >= 4 is 21.8 Å². The second-order valence-electron chi connectivity index (χ2n) is 5.72. The number of H-pyrrole nitrogens is 2. The van der Waals surface area contributed by atoms with Gasteiger partial charge >= 0.3 is 0 Å². The van der Waals surface area contributed by atoms with Gasteiger partial charge in [0.15, 0.2) is 0 Å². The Morgan fingerprint density at radius 2 is 1.75 bits per heavy atom. The second kappa shape index (κ2) is 5.03. The fourth-order valence-electron chi connectivity index (χ4n) is 3.03. The molecule has 0 saturated carbocycles. The van der Waals surface area contributed by atoms with Crippen molar-refractivity contribution in [3.8, 4) is 22.5 Å². The van der Waals surface area contributed by atoms with Crippen LogP contribution in [0.3, 0.4) is 0 Å². The minimum atomic E-state index is 0.909. The monoisotopic (exact) mass is 311 g/mol. The van der Waals surface area contributed by atoms with Crippen LogP contribution in [0, 0.1) is 0 Å². The summed E-state index contributed by atoms with van der Waals surface area (Å²) in [6.07, 6.45) is 7.29. The molecule has 2 N–H and O–H groups in total. The van der Waals surface area contributed by atoms with Crippen LogP contribution in [0.5, 0.6) is 0 Å². The van der Waals surface area contributed by atoms with Gasteiger partial charge < -0.3 is 4.98 Å². The van der Waals surface area contributed by atoms with Gasteiger partial charge in [0.2, 0.25) is 0 Å². The smallest absolute Gasteiger partial charge is 0.116 e. The lowest BCUT2D eigenvalue weighted by Crippen LogP contribution is -1.81. The molecule has 24 heavy (non-hydrogen) atoms. The Kier molecular flexibility index (Phi) is 2.72. The first kappa shape index (κ1) is 13.0. The van der Waals surface area contributed by atoms with Crippen LogP contribution in [0.25, 0.3) is 44.3 Å². The lowest BCUT2D eigenvalue weighted by atomic mass is 10.0.